The van der Waals surface area contributed by atoms with Crippen molar-refractivity contribution in [3.05, 3.63) is 59.9 Å². The number of nitrogens with zero attached hydrogens (tertiary/aromatic N) is 2. The minimum absolute atomic E-state index is 0.225. The molecule has 0 aliphatic rings. The van der Waals surface area contributed by atoms with E-state index in [9.17, 15) is 9.59 Å². The summed E-state index contributed by atoms with van der Waals surface area (Å²) in [6.07, 6.45) is 2.30. The number of aromatic nitrogens is 2. The fraction of sp³-hybridized carbons (Fsp3) is 0.0625. The van der Waals surface area contributed by atoms with Crippen molar-refractivity contribution in [1.82, 2.24) is 9.97 Å². The molecule has 3 rings (SSSR count). The van der Waals surface area contributed by atoms with Crippen LogP contribution in [0, 0.1) is 0 Å². The number of hydrogen-bond donors (Lipinski definition) is 1. The molecule has 0 saturated heterocycles. The van der Waals surface area contributed by atoms with Crippen molar-refractivity contribution < 1.29 is 9.59 Å². The molecule has 1 amide bonds. The number of amides is 1. The summed E-state index contributed by atoms with van der Waals surface area (Å²) in [4.78, 5) is 32.3. The maximum Gasteiger partial charge on any atom is 0.258 e. The van der Waals surface area contributed by atoms with Gasteiger partial charge in [0.05, 0.1) is 22.9 Å². The van der Waals surface area contributed by atoms with Crippen molar-refractivity contribution in [3.63, 3.8) is 0 Å². The molecule has 0 atom stereocenters. The number of carbonyl (C=O) groups excluding carboxylic acids is 2. The van der Waals surface area contributed by atoms with E-state index in [1.807, 2.05) is 18.2 Å². The molecule has 1 N–H and O–H groups in total. The average Bonchev–Trinajstić information content (AvgIpc) is 3.00. The summed E-state index contributed by atoms with van der Waals surface area (Å²) in [6, 6.07) is 12.3. The lowest BCUT2D eigenvalue weighted by Crippen LogP contribution is -2.27. The lowest BCUT2D eigenvalue weighted by Gasteiger charge is -2.18. The van der Waals surface area contributed by atoms with Gasteiger partial charge in [0.2, 0.25) is 0 Å². The van der Waals surface area contributed by atoms with Gasteiger partial charge in [-0.25, -0.2) is 4.98 Å². The first kappa shape index (κ1) is 13.1. The molecule has 104 valence electrons. The molecule has 0 unspecified atom stereocenters. The predicted molar refractivity (Wildman–Crippen MR) is 80.7 cm³/mol. The molecular weight excluding hydrogens is 266 g/mol. The van der Waals surface area contributed by atoms with Crippen LogP contribution in [0.15, 0.2) is 48.8 Å². The largest absolute Gasteiger partial charge is 0.345 e. The van der Waals surface area contributed by atoms with Crippen LogP contribution in [0.3, 0.4) is 0 Å². The van der Waals surface area contributed by atoms with Crippen LogP contribution in [-0.2, 0) is 0 Å². The molecule has 1 heterocycles. The van der Waals surface area contributed by atoms with E-state index in [4.69, 9.17) is 0 Å². The van der Waals surface area contributed by atoms with Crippen LogP contribution in [0.1, 0.15) is 20.7 Å². The van der Waals surface area contributed by atoms with Crippen molar-refractivity contribution >= 4 is 28.9 Å². The highest BCUT2D eigenvalue weighted by Crippen LogP contribution is 2.21. The van der Waals surface area contributed by atoms with Crippen LogP contribution in [-0.4, -0.2) is 29.2 Å². The molecular formula is C16H13N3O2. The number of H-pyrrole nitrogens is 1. The highest BCUT2D eigenvalue weighted by molar-refractivity contribution is 6.10. The molecule has 21 heavy (non-hydrogen) atoms. The van der Waals surface area contributed by atoms with E-state index in [1.165, 1.54) is 4.90 Å². The van der Waals surface area contributed by atoms with Gasteiger partial charge in [0.1, 0.15) is 0 Å². The number of hydrogen-bond acceptors (Lipinski definition) is 3. The maximum atomic E-state index is 12.5. The van der Waals surface area contributed by atoms with Crippen LogP contribution in [0.25, 0.3) is 11.0 Å². The fourth-order valence-corrected chi connectivity index (χ4v) is 2.22. The molecule has 5 nitrogen and oxygen atoms in total. The molecule has 0 fully saturated rings. The molecule has 0 saturated carbocycles. The topological polar surface area (TPSA) is 66.1 Å². The summed E-state index contributed by atoms with van der Waals surface area (Å²) < 4.78 is 0. The molecule has 1 aromatic heterocycles. The van der Waals surface area contributed by atoms with E-state index < -0.39 is 0 Å². The number of aldehydes is 1. The summed E-state index contributed by atoms with van der Waals surface area (Å²) in [5.74, 6) is -0.225. The molecule has 0 aliphatic heterocycles. The predicted octanol–water partition coefficient (Wildman–Crippen LogP) is 2.65. The van der Waals surface area contributed by atoms with Crippen LogP contribution >= 0.6 is 0 Å². The maximum absolute atomic E-state index is 12.5. The lowest BCUT2D eigenvalue weighted by molar-refractivity contribution is 0.0986. The summed E-state index contributed by atoms with van der Waals surface area (Å²) in [6.45, 7) is 0. The number of carbonyl (C=O) groups is 2. The van der Waals surface area contributed by atoms with Crippen LogP contribution < -0.4 is 4.90 Å². The SMILES string of the molecule is CN(C(=O)c1ccccc1C=O)c1ccc2nc[nH]c2c1. The van der Waals surface area contributed by atoms with E-state index in [-0.39, 0.29) is 5.91 Å². The normalized spacial score (nSPS) is 10.5. The fourth-order valence-electron chi connectivity index (χ4n) is 2.22. The van der Waals surface area contributed by atoms with Gasteiger partial charge in [0, 0.05) is 18.3 Å². The Kier molecular flexibility index (Phi) is 3.23. The lowest BCUT2D eigenvalue weighted by atomic mass is 10.1. The highest BCUT2D eigenvalue weighted by Gasteiger charge is 2.17. The van der Waals surface area contributed by atoms with Gasteiger partial charge in [0.15, 0.2) is 6.29 Å². The van der Waals surface area contributed by atoms with E-state index in [1.54, 1.807) is 37.6 Å². The third-order valence-electron chi connectivity index (χ3n) is 3.41. The molecule has 0 aliphatic carbocycles. The Hall–Kier alpha value is -2.95. The molecule has 0 spiro atoms. The molecule has 2 aromatic carbocycles. The number of nitrogens with one attached hydrogen (secondary N) is 1. The van der Waals surface area contributed by atoms with Crippen LogP contribution in [0.4, 0.5) is 5.69 Å². The van der Waals surface area contributed by atoms with E-state index in [2.05, 4.69) is 9.97 Å². The summed E-state index contributed by atoms with van der Waals surface area (Å²) >= 11 is 0. The molecule has 3 aromatic rings. The first-order valence-electron chi connectivity index (χ1n) is 6.46. The Morgan fingerprint density at radius 2 is 2.05 bits per heavy atom. The highest BCUT2D eigenvalue weighted by atomic mass is 16.2. The van der Waals surface area contributed by atoms with E-state index in [0.717, 1.165) is 16.7 Å². The van der Waals surface area contributed by atoms with Crippen LogP contribution in [0.2, 0.25) is 0 Å². The number of anilines is 1. The van der Waals surface area contributed by atoms with Gasteiger partial charge in [-0.1, -0.05) is 18.2 Å². The number of aromatic amines is 1. The van der Waals surface area contributed by atoms with Gasteiger partial charge < -0.3 is 9.88 Å². The summed E-state index contributed by atoms with van der Waals surface area (Å²) in [5.41, 5.74) is 3.21. The van der Waals surface area contributed by atoms with Crippen LogP contribution in [0.5, 0.6) is 0 Å². The standard InChI is InChI=1S/C16H13N3O2/c1-19(12-6-7-14-15(8-12)18-10-17-14)16(21)13-5-3-2-4-11(13)9-20/h2-10H,1H3,(H,17,18). The van der Waals surface area contributed by atoms with Crippen molar-refractivity contribution in [2.45, 2.75) is 0 Å². The minimum Gasteiger partial charge on any atom is -0.345 e. The number of benzene rings is 2. The van der Waals surface area contributed by atoms with Crippen molar-refractivity contribution in [1.29, 1.82) is 0 Å². The van der Waals surface area contributed by atoms with Crippen molar-refractivity contribution in [2.75, 3.05) is 11.9 Å². The van der Waals surface area contributed by atoms with Gasteiger partial charge in [-0.2, -0.15) is 0 Å². The zero-order valence-corrected chi connectivity index (χ0v) is 11.4. The third kappa shape index (κ3) is 2.29. The quantitative estimate of drug-likeness (QED) is 0.749. The Labute approximate surface area is 121 Å². The minimum atomic E-state index is -0.225. The zero-order valence-electron chi connectivity index (χ0n) is 11.4. The second-order valence-corrected chi connectivity index (χ2v) is 4.67. The van der Waals surface area contributed by atoms with Crippen molar-refractivity contribution in [3.8, 4) is 0 Å². The zero-order chi connectivity index (χ0) is 14.8. The van der Waals surface area contributed by atoms with Gasteiger partial charge in [-0.15, -0.1) is 0 Å². The Morgan fingerprint density at radius 3 is 2.86 bits per heavy atom. The first-order chi connectivity index (χ1) is 10.2. The molecule has 0 bridgehead atoms. The first-order valence-corrected chi connectivity index (χ1v) is 6.46. The molecule has 0 radical (unpaired) electrons. The monoisotopic (exact) mass is 279 g/mol. The second kappa shape index (κ2) is 5.20. The third-order valence-corrected chi connectivity index (χ3v) is 3.41. The second-order valence-electron chi connectivity index (χ2n) is 4.67. The van der Waals surface area contributed by atoms with Gasteiger partial charge in [-0.3, -0.25) is 9.59 Å². The summed E-state index contributed by atoms with van der Waals surface area (Å²) in [7, 11) is 1.68. The summed E-state index contributed by atoms with van der Waals surface area (Å²) in [5, 5.41) is 0. The number of rotatable bonds is 3. The van der Waals surface area contributed by atoms with E-state index >= 15 is 0 Å². The average molecular weight is 279 g/mol. The Bertz CT molecular complexity index is 823. The number of fused-ring (bicyclic) bond motifs is 1. The van der Waals surface area contributed by atoms with Gasteiger partial charge >= 0.3 is 0 Å². The molecule has 5 heteroatoms. The van der Waals surface area contributed by atoms with Gasteiger partial charge in [-0.05, 0) is 24.3 Å². The Balaban J connectivity index is 1.98. The Morgan fingerprint density at radius 1 is 1.24 bits per heavy atom. The smallest absolute Gasteiger partial charge is 0.258 e. The van der Waals surface area contributed by atoms with Crippen molar-refractivity contribution in [2.24, 2.45) is 0 Å². The number of imidazole rings is 1. The van der Waals surface area contributed by atoms with E-state index in [0.29, 0.717) is 17.4 Å². The van der Waals surface area contributed by atoms with Gasteiger partial charge in [0.25, 0.3) is 5.91 Å².